The van der Waals surface area contributed by atoms with Crippen molar-refractivity contribution in [3.8, 4) is 0 Å². The molecule has 2 aromatic rings. The summed E-state index contributed by atoms with van der Waals surface area (Å²) in [6, 6.07) is 8.98. The summed E-state index contributed by atoms with van der Waals surface area (Å²) in [5.41, 5.74) is 0.0265. The highest BCUT2D eigenvalue weighted by Gasteiger charge is 2.29. The highest BCUT2D eigenvalue weighted by molar-refractivity contribution is 6.06. The van der Waals surface area contributed by atoms with E-state index in [1.54, 1.807) is 21.6 Å². The largest absolute Gasteiger partial charge is 0.444 e. The fraction of sp³-hybridized carbons (Fsp3) is 0.412. The van der Waals surface area contributed by atoms with Crippen LogP contribution in [0.1, 0.15) is 42.8 Å². The highest BCUT2D eigenvalue weighted by atomic mass is 16.6. The smallest absolute Gasteiger partial charge is 0.410 e. The number of amides is 1. The van der Waals surface area contributed by atoms with Gasteiger partial charge in [0.15, 0.2) is 5.82 Å². The predicted molar refractivity (Wildman–Crippen MR) is 86.5 cm³/mol. The minimum atomic E-state index is -0.545. The van der Waals surface area contributed by atoms with Gasteiger partial charge >= 0.3 is 6.09 Å². The molecule has 0 atom stereocenters. The lowest BCUT2D eigenvalue weighted by molar-refractivity contribution is 0.0195. The Labute approximate surface area is 140 Å². The van der Waals surface area contributed by atoms with E-state index in [0.717, 1.165) is 0 Å². The van der Waals surface area contributed by atoms with E-state index in [1.165, 1.54) is 0 Å². The van der Waals surface area contributed by atoms with Crippen molar-refractivity contribution >= 4 is 11.9 Å². The van der Waals surface area contributed by atoms with Gasteiger partial charge in [-0.25, -0.2) is 4.79 Å². The molecule has 1 amide bonds. The molecular weight excluding hydrogens is 308 g/mol. The maximum atomic E-state index is 12.6. The number of ketones is 1. The zero-order valence-electron chi connectivity index (χ0n) is 14.0. The number of rotatable bonds is 2. The van der Waals surface area contributed by atoms with Gasteiger partial charge in [0.1, 0.15) is 5.60 Å². The molecular formula is C17H20N4O3. The van der Waals surface area contributed by atoms with E-state index in [1.807, 2.05) is 39.0 Å². The van der Waals surface area contributed by atoms with E-state index in [0.29, 0.717) is 30.3 Å². The number of carbonyl (C=O) groups excluding carboxylic acids is 2. The first-order chi connectivity index (χ1) is 11.3. The molecule has 0 N–H and O–H groups in total. The zero-order chi connectivity index (χ0) is 17.3. The van der Waals surface area contributed by atoms with Crippen molar-refractivity contribution in [2.75, 3.05) is 6.54 Å². The molecule has 0 spiro atoms. The molecule has 1 aromatic carbocycles. The van der Waals surface area contributed by atoms with Crippen LogP contribution in [-0.2, 0) is 17.8 Å². The summed E-state index contributed by atoms with van der Waals surface area (Å²) in [4.78, 5) is 26.3. The summed E-state index contributed by atoms with van der Waals surface area (Å²) >= 11 is 0. The van der Waals surface area contributed by atoms with Crippen molar-refractivity contribution in [2.45, 2.75) is 39.5 Å². The van der Waals surface area contributed by atoms with Gasteiger partial charge in [-0.3, -0.25) is 9.69 Å². The van der Waals surface area contributed by atoms with Crippen LogP contribution in [0, 0.1) is 0 Å². The van der Waals surface area contributed by atoms with Crippen LogP contribution in [0.2, 0.25) is 0 Å². The van der Waals surface area contributed by atoms with Crippen molar-refractivity contribution in [1.82, 2.24) is 19.7 Å². The van der Waals surface area contributed by atoms with Gasteiger partial charge in [0.05, 0.1) is 6.54 Å². The third-order valence-corrected chi connectivity index (χ3v) is 3.64. The maximum absolute atomic E-state index is 12.6. The number of nitrogens with zero attached hydrogens (tertiary/aromatic N) is 4. The van der Waals surface area contributed by atoms with E-state index in [9.17, 15) is 9.59 Å². The topological polar surface area (TPSA) is 77.3 Å². The Morgan fingerprint density at radius 2 is 1.79 bits per heavy atom. The second-order valence-corrected chi connectivity index (χ2v) is 6.69. The number of benzene rings is 1. The van der Waals surface area contributed by atoms with Crippen molar-refractivity contribution in [3.05, 3.63) is 47.5 Å². The number of fused-ring (bicyclic) bond motifs is 1. The van der Waals surface area contributed by atoms with Crippen LogP contribution in [0.5, 0.6) is 0 Å². The molecule has 2 heterocycles. The summed E-state index contributed by atoms with van der Waals surface area (Å²) in [5.74, 6) is 0.728. The minimum absolute atomic E-state index is 0.167. The monoisotopic (exact) mass is 328 g/mol. The number of hydrogen-bond acceptors (Lipinski definition) is 5. The van der Waals surface area contributed by atoms with Crippen molar-refractivity contribution < 1.29 is 14.3 Å². The normalized spacial score (nSPS) is 14.2. The molecule has 1 aliphatic heterocycles. The molecule has 0 saturated carbocycles. The Kier molecular flexibility index (Phi) is 4.09. The van der Waals surface area contributed by atoms with Gasteiger partial charge in [0, 0.05) is 18.7 Å². The molecule has 1 aliphatic rings. The van der Waals surface area contributed by atoms with Gasteiger partial charge in [-0.15, -0.1) is 10.2 Å². The van der Waals surface area contributed by atoms with Gasteiger partial charge in [-0.2, -0.15) is 0 Å². The Bertz CT molecular complexity index is 762. The van der Waals surface area contributed by atoms with Crippen molar-refractivity contribution in [3.63, 3.8) is 0 Å². The molecule has 7 heteroatoms. The van der Waals surface area contributed by atoms with Crippen LogP contribution in [0.15, 0.2) is 30.3 Å². The Balaban J connectivity index is 1.77. The van der Waals surface area contributed by atoms with E-state index in [4.69, 9.17) is 4.74 Å². The molecule has 0 bridgehead atoms. The first-order valence-corrected chi connectivity index (χ1v) is 7.85. The molecule has 1 aromatic heterocycles. The van der Waals surface area contributed by atoms with Gasteiger partial charge < -0.3 is 9.30 Å². The molecule has 0 aliphatic carbocycles. The van der Waals surface area contributed by atoms with E-state index < -0.39 is 5.60 Å². The third kappa shape index (κ3) is 3.29. The summed E-state index contributed by atoms with van der Waals surface area (Å²) in [5, 5.41) is 8.10. The Morgan fingerprint density at radius 1 is 1.08 bits per heavy atom. The molecule has 0 unspecified atom stereocenters. The van der Waals surface area contributed by atoms with Gasteiger partial charge in [0.2, 0.25) is 11.6 Å². The summed E-state index contributed by atoms with van der Waals surface area (Å²) in [6.07, 6.45) is -0.382. The lowest BCUT2D eigenvalue weighted by Crippen LogP contribution is -2.42. The van der Waals surface area contributed by atoms with Crippen LogP contribution in [0.3, 0.4) is 0 Å². The molecule has 0 radical (unpaired) electrons. The molecule has 0 fully saturated rings. The quantitative estimate of drug-likeness (QED) is 0.790. The SMILES string of the molecule is CC(C)(C)OC(=O)N1CCn2c(nnc2C(=O)c2ccccc2)C1. The maximum Gasteiger partial charge on any atom is 0.410 e. The molecule has 3 rings (SSSR count). The molecule has 7 nitrogen and oxygen atoms in total. The van der Waals surface area contributed by atoms with Crippen molar-refractivity contribution in [2.24, 2.45) is 0 Å². The van der Waals surface area contributed by atoms with Crippen LogP contribution >= 0.6 is 0 Å². The summed E-state index contributed by atoms with van der Waals surface area (Å²) < 4.78 is 7.15. The number of ether oxygens (including phenoxy) is 1. The van der Waals surface area contributed by atoms with E-state index >= 15 is 0 Å². The van der Waals surface area contributed by atoms with Crippen LogP contribution < -0.4 is 0 Å². The van der Waals surface area contributed by atoms with E-state index in [2.05, 4.69) is 10.2 Å². The zero-order valence-corrected chi connectivity index (χ0v) is 14.0. The third-order valence-electron chi connectivity index (χ3n) is 3.64. The van der Waals surface area contributed by atoms with Crippen LogP contribution in [-0.4, -0.2) is 43.7 Å². The lowest BCUT2D eigenvalue weighted by atomic mass is 10.1. The standard InChI is InChI=1S/C17H20N4O3/c1-17(2,3)24-16(23)20-9-10-21-13(11-20)18-19-15(21)14(22)12-7-5-4-6-8-12/h4-8H,9-11H2,1-3H3. The van der Waals surface area contributed by atoms with Crippen molar-refractivity contribution in [1.29, 1.82) is 0 Å². The fourth-order valence-electron chi connectivity index (χ4n) is 2.53. The van der Waals surface area contributed by atoms with Crippen LogP contribution in [0.4, 0.5) is 4.79 Å². The second kappa shape index (κ2) is 6.07. The van der Waals surface area contributed by atoms with Gasteiger partial charge in [-0.05, 0) is 20.8 Å². The number of aromatic nitrogens is 3. The number of hydrogen-bond donors (Lipinski definition) is 0. The fourth-order valence-corrected chi connectivity index (χ4v) is 2.53. The Morgan fingerprint density at radius 3 is 2.46 bits per heavy atom. The lowest BCUT2D eigenvalue weighted by Gasteiger charge is -2.30. The average molecular weight is 328 g/mol. The summed E-state index contributed by atoms with van der Waals surface area (Å²) in [6.45, 7) is 6.68. The van der Waals surface area contributed by atoms with Crippen LogP contribution in [0.25, 0.3) is 0 Å². The first-order valence-electron chi connectivity index (χ1n) is 7.85. The molecule has 126 valence electrons. The first kappa shape index (κ1) is 16.2. The predicted octanol–water partition coefficient (Wildman–Crippen LogP) is 2.26. The highest BCUT2D eigenvalue weighted by Crippen LogP contribution is 2.18. The van der Waals surface area contributed by atoms with E-state index in [-0.39, 0.29) is 18.4 Å². The molecule has 24 heavy (non-hydrogen) atoms. The summed E-state index contributed by atoms with van der Waals surface area (Å²) in [7, 11) is 0. The minimum Gasteiger partial charge on any atom is -0.444 e. The van der Waals surface area contributed by atoms with Gasteiger partial charge in [0.25, 0.3) is 0 Å². The second-order valence-electron chi connectivity index (χ2n) is 6.69. The number of carbonyl (C=O) groups is 2. The van der Waals surface area contributed by atoms with Gasteiger partial charge in [-0.1, -0.05) is 30.3 Å². The Hall–Kier alpha value is -2.70. The molecule has 0 saturated heterocycles. The average Bonchev–Trinajstić information content (AvgIpc) is 2.96.